The predicted octanol–water partition coefficient (Wildman–Crippen LogP) is 2.12. The Morgan fingerprint density at radius 1 is 1.38 bits per heavy atom. The summed E-state index contributed by atoms with van der Waals surface area (Å²) in [6, 6.07) is 3.33. The van der Waals surface area contributed by atoms with E-state index in [1.54, 1.807) is 0 Å². The van der Waals surface area contributed by atoms with Gasteiger partial charge < -0.3 is 9.50 Å². The highest BCUT2D eigenvalue weighted by Gasteiger charge is 2.48. The number of carbonyl (C=O) groups is 1. The van der Waals surface area contributed by atoms with Crippen LogP contribution in [0.1, 0.15) is 5.56 Å². The zero-order chi connectivity index (χ0) is 18.0. The molecule has 0 unspecified atom stereocenters. The molecular weight excluding hydrogens is 395 g/mol. The van der Waals surface area contributed by atoms with E-state index in [-0.39, 0.29) is 16.7 Å². The molecule has 0 aliphatic carbocycles. The molecule has 1 aromatic carbocycles. The van der Waals surface area contributed by atoms with Crippen LogP contribution in [0.4, 0.5) is 13.2 Å². The van der Waals surface area contributed by atoms with Crippen molar-refractivity contribution in [2.24, 2.45) is 10.2 Å². The van der Waals surface area contributed by atoms with Crippen molar-refractivity contribution in [1.82, 2.24) is 5.32 Å². The third-order valence-electron chi connectivity index (χ3n) is 2.38. The van der Waals surface area contributed by atoms with Gasteiger partial charge in [-0.1, -0.05) is 23.4 Å². The predicted molar refractivity (Wildman–Crippen MR) is 82.7 cm³/mol. The van der Waals surface area contributed by atoms with Crippen molar-refractivity contribution < 1.29 is 30.6 Å². The summed E-state index contributed by atoms with van der Waals surface area (Å²) < 4.78 is 62.5. The van der Waals surface area contributed by atoms with Crippen molar-refractivity contribution in [1.29, 1.82) is 0 Å². The van der Waals surface area contributed by atoms with Gasteiger partial charge in [-0.25, -0.2) is 0 Å². The molecule has 0 bridgehead atoms. The fourth-order valence-electron chi connectivity index (χ4n) is 1.36. The van der Waals surface area contributed by atoms with E-state index < -0.39 is 21.4 Å². The Labute approximate surface area is 143 Å². The minimum atomic E-state index is -5.80. The lowest BCUT2D eigenvalue weighted by Crippen LogP contribution is -2.28. The molecule has 0 radical (unpaired) electrons. The number of benzene rings is 1. The molecule has 1 saturated heterocycles. The van der Waals surface area contributed by atoms with E-state index in [0.29, 0.717) is 10.7 Å². The molecule has 1 fully saturated rings. The van der Waals surface area contributed by atoms with Crippen LogP contribution in [0.25, 0.3) is 0 Å². The number of amides is 1. The van der Waals surface area contributed by atoms with Crippen LogP contribution in [0, 0.1) is 0 Å². The summed E-state index contributed by atoms with van der Waals surface area (Å²) in [5.41, 5.74) is -5.23. The average molecular weight is 402 g/mol. The maximum absolute atomic E-state index is 12.2. The Morgan fingerprint density at radius 3 is 2.62 bits per heavy atom. The highest BCUT2D eigenvalue weighted by atomic mass is 35.5. The van der Waals surface area contributed by atoms with Gasteiger partial charge in [0.05, 0.1) is 17.0 Å². The van der Waals surface area contributed by atoms with E-state index in [1.165, 1.54) is 12.3 Å². The first kappa shape index (κ1) is 18.5. The topological polar surface area (TPSA) is 97.2 Å². The van der Waals surface area contributed by atoms with Crippen molar-refractivity contribution in [3.8, 4) is 5.75 Å². The number of rotatable bonds is 4. The second kappa shape index (κ2) is 6.99. The van der Waals surface area contributed by atoms with Crippen molar-refractivity contribution >= 4 is 50.8 Å². The largest absolute Gasteiger partial charge is 0.534 e. The third kappa shape index (κ3) is 4.61. The Balaban J connectivity index is 2.11. The van der Waals surface area contributed by atoms with Crippen LogP contribution < -0.4 is 9.50 Å². The molecule has 1 heterocycles. The number of thioether (sulfide) groups is 1. The number of nitrogens with one attached hydrogen (secondary N) is 1. The van der Waals surface area contributed by atoms with Gasteiger partial charge in [0.15, 0.2) is 10.9 Å². The van der Waals surface area contributed by atoms with Gasteiger partial charge in [-0.15, -0.1) is 5.10 Å². The third-order valence-corrected chi connectivity index (χ3v) is 4.51. The van der Waals surface area contributed by atoms with Gasteiger partial charge in [0.1, 0.15) is 0 Å². The molecule has 24 heavy (non-hydrogen) atoms. The molecule has 13 heteroatoms. The van der Waals surface area contributed by atoms with Gasteiger partial charge in [-0.05, 0) is 23.8 Å². The fraction of sp³-hybridized carbons (Fsp3) is 0.182. The normalized spacial score (nSPS) is 17.5. The van der Waals surface area contributed by atoms with Crippen LogP contribution >= 0.6 is 23.4 Å². The van der Waals surface area contributed by atoms with Crippen molar-refractivity contribution in [2.45, 2.75) is 5.51 Å². The van der Waals surface area contributed by atoms with Gasteiger partial charge in [0.2, 0.25) is 5.91 Å². The van der Waals surface area contributed by atoms with E-state index >= 15 is 0 Å². The quantitative estimate of drug-likeness (QED) is 0.361. The number of nitrogens with zero attached hydrogens (tertiary/aromatic N) is 2. The minimum absolute atomic E-state index is 0.204. The number of halogens is 4. The molecule has 1 aliphatic rings. The Hall–Kier alpha value is -1.79. The molecular formula is C11H7ClF3N3O4S2. The molecule has 1 amide bonds. The molecule has 0 saturated carbocycles. The lowest BCUT2D eigenvalue weighted by atomic mass is 10.2. The zero-order valence-corrected chi connectivity index (χ0v) is 13.8. The standard InChI is InChI=1S/C11H7ClF3N3O4S2/c12-7-3-6(4-16-18-10-17-9(19)5-23-10)1-2-8(7)22-24(20,21)11(13,14)15/h1-4H,5H2,(H,17,18,19). The van der Waals surface area contributed by atoms with Gasteiger partial charge >= 0.3 is 15.6 Å². The Bertz CT molecular complexity index is 824. The molecule has 2 rings (SSSR count). The van der Waals surface area contributed by atoms with Crippen LogP contribution in [-0.2, 0) is 14.9 Å². The van der Waals surface area contributed by atoms with Crippen molar-refractivity contribution in [3.05, 3.63) is 28.8 Å². The number of amidine groups is 1. The van der Waals surface area contributed by atoms with Crippen molar-refractivity contribution in [3.63, 3.8) is 0 Å². The van der Waals surface area contributed by atoms with E-state index in [9.17, 15) is 26.4 Å². The fourth-order valence-corrected chi connectivity index (χ4v) is 2.74. The maximum atomic E-state index is 12.2. The van der Waals surface area contributed by atoms with Gasteiger partial charge in [0, 0.05) is 0 Å². The molecule has 0 spiro atoms. The number of alkyl halides is 3. The highest BCUT2D eigenvalue weighted by molar-refractivity contribution is 8.15. The van der Waals surface area contributed by atoms with Crippen LogP contribution in [0.2, 0.25) is 5.02 Å². The second-order valence-electron chi connectivity index (χ2n) is 4.16. The monoisotopic (exact) mass is 401 g/mol. The number of hydrogen-bond donors (Lipinski definition) is 1. The van der Waals surface area contributed by atoms with Crippen LogP contribution in [0.5, 0.6) is 5.75 Å². The molecule has 1 aromatic rings. The van der Waals surface area contributed by atoms with Crippen LogP contribution in [0.15, 0.2) is 28.4 Å². The summed E-state index contributed by atoms with van der Waals surface area (Å²) in [4.78, 5) is 10.9. The first-order chi connectivity index (χ1) is 11.1. The van der Waals surface area contributed by atoms with Gasteiger partial charge in [-0.3, -0.25) is 4.79 Å². The molecule has 7 nitrogen and oxygen atoms in total. The Kier molecular flexibility index (Phi) is 5.40. The molecule has 1 N–H and O–H groups in total. The summed E-state index contributed by atoms with van der Waals surface area (Å²) in [7, 11) is -5.80. The van der Waals surface area contributed by atoms with E-state index in [0.717, 1.165) is 23.9 Å². The highest BCUT2D eigenvalue weighted by Crippen LogP contribution is 2.31. The summed E-state index contributed by atoms with van der Waals surface area (Å²) in [6.45, 7) is 0. The van der Waals surface area contributed by atoms with Crippen molar-refractivity contribution in [2.75, 3.05) is 5.75 Å². The first-order valence-corrected chi connectivity index (χ1v) is 8.69. The average Bonchev–Trinajstić information content (AvgIpc) is 2.86. The van der Waals surface area contributed by atoms with Gasteiger partial charge in [0.25, 0.3) is 0 Å². The maximum Gasteiger partial charge on any atom is 0.534 e. The summed E-state index contributed by atoms with van der Waals surface area (Å²) in [5.74, 6) is -0.639. The molecule has 0 atom stereocenters. The van der Waals surface area contributed by atoms with Gasteiger partial charge in [-0.2, -0.15) is 26.7 Å². The smallest absolute Gasteiger partial charge is 0.374 e. The van der Waals surface area contributed by atoms with E-state index in [1.807, 2.05) is 0 Å². The second-order valence-corrected chi connectivity index (χ2v) is 7.07. The van der Waals surface area contributed by atoms with Crippen LogP contribution in [0.3, 0.4) is 0 Å². The molecule has 130 valence electrons. The minimum Gasteiger partial charge on any atom is -0.374 e. The molecule has 1 aliphatic heterocycles. The molecule has 0 aromatic heterocycles. The first-order valence-electron chi connectivity index (χ1n) is 5.92. The lowest BCUT2D eigenvalue weighted by Gasteiger charge is -2.10. The lowest BCUT2D eigenvalue weighted by molar-refractivity contribution is -0.116. The number of hydrogen-bond acceptors (Lipinski definition) is 7. The van der Waals surface area contributed by atoms with E-state index in [2.05, 4.69) is 19.7 Å². The summed E-state index contributed by atoms with van der Waals surface area (Å²) in [6.07, 6.45) is 1.21. The summed E-state index contributed by atoms with van der Waals surface area (Å²) in [5, 5.41) is 9.77. The zero-order valence-electron chi connectivity index (χ0n) is 11.4. The number of carbonyl (C=O) groups excluding carboxylic acids is 1. The summed E-state index contributed by atoms with van der Waals surface area (Å²) >= 11 is 6.85. The Morgan fingerprint density at radius 2 is 2.08 bits per heavy atom. The van der Waals surface area contributed by atoms with Crippen LogP contribution in [-0.4, -0.2) is 37.0 Å². The van der Waals surface area contributed by atoms with E-state index in [4.69, 9.17) is 11.6 Å². The SMILES string of the molecule is O=C1CSC(=NN=Cc2ccc(OS(=O)(=O)C(F)(F)F)c(Cl)c2)N1.